The van der Waals surface area contributed by atoms with Gasteiger partial charge in [0.2, 0.25) is 5.95 Å². The minimum atomic E-state index is 0.374. The van der Waals surface area contributed by atoms with Gasteiger partial charge in [0.05, 0.1) is 6.04 Å². The number of imidazole rings is 1. The molecule has 1 saturated heterocycles. The fraction of sp³-hybridized carbons (Fsp3) is 0.333. The van der Waals surface area contributed by atoms with Crippen LogP contribution in [0.15, 0.2) is 43.2 Å². The molecule has 1 atom stereocenters. The first-order valence-corrected chi connectivity index (χ1v) is 7.35. The van der Waals surface area contributed by atoms with Gasteiger partial charge in [-0.25, -0.2) is 19.9 Å². The van der Waals surface area contributed by atoms with Crippen LogP contribution >= 0.6 is 0 Å². The molecule has 0 aromatic carbocycles. The predicted molar refractivity (Wildman–Crippen MR) is 84.0 cm³/mol. The molecule has 3 aromatic rings. The Bertz CT molecular complexity index is 770. The summed E-state index contributed by atoms with van der Waals surface area (Å²) in [5.74, 6) is 1.71. The van der Waals surface area contributed by atoms with Crippen LogP contribution < -0.4 is 9.80 Å². The maximum atomic E-state index is 4.52. The van der Waals surface area contributed by atoms with Gasteiger partial charge in [-0.05, 0) is 12.5 Å². The molecule has 0 amide bonds. The van der Waals surface area contributed by atoms with Crippen LogP contribution in [0.1, 0.15) is 6.42 Å². The number of hydrogen-bond donors (Lipinski definition) is 0. The largest absolute Gasteiger partial charge is 0.351 e. The highest BCUT2D eigenvalue weighted by atomic mass is 15.3. The molecule has 1 unspecified atom stereocenters. The molecule has 1 aliphatic rings. The smallest absolute Gasteiger partial charge is 0.225 e. The summed E-state index contributed by atoms with van der Waals surface area (Å²) in [5, 5.41) is 0. The third-order valence-corrected chi connectivity index (χ3v) is 4.17. The standard InChI is InChI=1S/C15H17N7/c1-20(15-18-4-2-5-19-15)12-3-8-22(11-12)14-13-16-6-9-21(13)10-7-17-14/h2,4-7,9-10,12H,3,8,11H2,1H3. The number of likely N-dealkylation sites (N-methyl/N-ethyl adjacent to an activating group) is 1. The molecule has 7 heteroatoms. The number of hydrogen-bond acceptors (Lipinski definition) is 6. The number of fused-ring (bicyclic) bond motifs is 1. The highest BCUT2D eigenvalue weighted by molar-refractivity contribution is 5.64. The van der Waals surface area contributed by atoms with E-state index in [4.69, 9.17) is 0 Å². The van der Waals surface area contributed by atoms with Crippen molar-refractivity contribution in [2.24, 2.45) is 0 Å². The zero-order chi connectivity index (χ0) is 14.9. The van der Waals surface area contributed by atoms with Gasteiger partial charge >= 0.3 is 0 Å². The highest BCUT2D eigenvalue weighted by Crippen LogP contribution is 2.24. The molecule has 0 radical (unpaired) electrons. The Labute approximate surface area is 128 Å². The molecule has 4 heterocycles. The average Bonchev–Trinajstić information content (AvgIpc) is 3.24. The number of anilines is 2. The number of nitrogens with zero attached hydrogens (tertiary/aromatic N) is 7. The van der Waals surface area contributed by atoms with Crippen molar-refractivity contribution in [3.05, 3.63) is 43.2 Å². The van der Waals surface area contributed by atoms with E-state index in [0.717, 1.165) is 36.9 Å². The van der Waals surface area contributed by atoms with Crippen molar-refractivity contribution in [2.45, 2.75) is 12.5 Å². The van der Waals surface area contributed by atoms with Crippen LogP contribution in [-0.4, -0.2) is 50.5 Å². The van der Waals surface area contributed by atoms with Crippen LogP contribution in [0.5, 0.6) is 0 Å². The van der Waals surface area contributed by atoms with Crippen LogP contribution in [0, 0.1) is 0 Å². The van der Waals surface area contributed by atoms with E-state index in [1.165, 1.54) is 0 Å². The van der Waals surface area contributed by atoms with E-state index in [1.54, 1.807) is 18.6 Å². The summed E-state index contributed by atoms with van der Waals surface area (Å²) in [4.78, 5) is 22.0. The van der Waals surface area contributed by atoms with E-state index in [9.17, 15) is 0 Å². The zero-order valence-electron chi connectivity index (χ0n) is 12.4. The molecule has 0 N–H and O–H groups in total. The first kappa shape index (κ1) is 13.0. The van der Waals surface area contributed by atoms with Crippen molar-refractivity contribution in [2.75, 3.05) is 29.9 Å². The molecule has 0 spiro atoms. The highest BCUT2D eigenvalue weighted by Gasteiger charge is 2.29. The Kier molecular flexibility index (Phi) is 3.10. The molecule has 1 aliphatic heterocycles. The molecule has 0 aliphatic carbocycles. The van der Waals surface area contributed by atoms with Crippen molar-refractivity contribution in [1.82, 2.24) is 24.3 Å². The van der Waals surface area contributed by atoms with Crippen molar-refractivity contribution in [3.8, 4) is 0 Å². The van der Waals surface area contributed by atoms with Crippen LogP contribution in [0.2, 0.25) is 0 Å². The molecule has 7 nitrogen and oxygen atoms in total. The van der Waals surface area contributed by atoms with Gasteiger partial charge in [0.25, 0.3) is 0 Å². The summed E-state index contributed by atoms with van der Waals surface area (Å²) >= 11 is 0. The molecule has 0 bridgehead atoms. The Hall–Kier alpha value is -2.70. The van der Waals surface area contributed by atoms with E-state index in [2.05, 4.69) is 29.7 Å². The van der Waals surface area contributed by atoms with Gasteiger partial charge in [0.15, 0.2) is 11.5 Å². The SMILES string of the molecule is CN(c1ncccn1)C1CCN(c2nccn3ccnc23)C1. The lowest BCUT2D eigenvalue weighted by Crippen LogP contribution is -2.35. The van der Waals surface area contributed by atoms with E-state index < -0.39 is 0 Å². The van der Waals surface area contributed by atoms with Gasteiger partial charge in [-0.2, -0.15) is 0 Å². The van der Waals surface area contributed by atoms with E-state index in [-0.39, 0.29) is 0 Å². The molecular weight excluding hydrogens is 278 g/mol. The van der Waals surface area contributed by atoms with E-state index in [0.29, 0.717) is 6.04 Å². The molecule has 112 valence electrons. The predicted octanol–water partition coefficient (Wildman–Crippen LogP) is 1.23. The molecule has 3 aromatic heterocycles. The van der Waals surface area contributed by atoms with Gasteiger partial charge in [-0.1, -0.05) is 0 Å². The number of aromatic nitrogens is 5. The van der Waals surface area contributed by atoms with Crippen molar-refractivity contribution < 1.29 is 0 Å². The van der Waals surface area contributed by atoms with Crippen LogP contribution in [-0.2, 0) is 0 Å². The summed E-state index contributed by atoms with van der Waals surface area (Å²) in [6, 6.07) is 2.21. The quantitative estimate of drug-likeness (QED) is 0.724. The Morgan fingerprint density at radius 2 is 1.82 bits per heavy atom. The second kappa shape index (κ2) is 5.25. The first-order chi connectivity index (χ1) is 10.8. The van der Waals surface area contributed by atoms with Crippen LogP contribution in [0.3, 0.4) is 0 Å². The van der Waals surface area contributed by atoms with Gasteiger partial charge in [-0.3, -0.25) is 0 Å². The van der Waals surface area contributed by atoms with Gasteiger partial charge in [-0.15, -0.1) is 0 Å². The minimum absolute atomic E-state index is 0.374. The van der Waals surface area contributed by atoms with Crippen LogP contribution in [0.4, 0.5) is 11.8 Å². The lowest BCUT2D eigenvalue weighted by atomic mass is 10.2. The Morgan fingerprint density at radius 3 is 2.64 bits per heavy atom. The molecule has 4 rings (SSSR count). The summed E-state index contributed by atoms with van der Waals surface area (Å²) in [6.07, 6.45) is 12.1. The maximum Gasteiger partial charge on any atom is 0.225 e. The molecule has 1 fully saturated rings. The van der Waals surface area contributed by atoms with Crippen LogP contribution in [0.25, 0.3) is 5.65 Å². The van der Waals surface area contributed by atoms with Crippen molar-refractivity contribution >= 4 is 17.4 Å². The van der Waals surface area contributed by atoms with Gasteiger partial charge < -0.3 is 14.2 Å². The van der Waals surface area contributed by atoms with E-state index in [1.807, 2.05) is 36.1 Å². The minimum Gasteiger partial charge on any atom is -0.351 e. The fourth-order valence-corrected chi connectivity index (χ4v) is 2.95. The average molecular weight is 295 g/mol. The fourth-order valence-electron chi connectivity index (χ4n) is 2.95. The molecular formula is C15H17N7. The van der Waals surface area contributed by atoms with E-state index >= 15 is 0 Å². The molecule has 0 saturated carbocycles. The van der Waals surface area contributed by atoms with Crippen molar-refractivity contribution in [3.63, 3.8) is 0 Å². The normalized spacial score (nSPS) is 18.0. The molecule has 22 heavy (non-hydrogen) atoms. The zero-order valence-corrected chi connectivity index (χ0v) is 12.4. The third kappa shape index (κ3) is 2.14. The van der Waals surface area contributed by atoms with Gasteiger partial charge in [0.1, 0.15) is 0 Å². The Morgan fingerprint density at radius 1 is 1.05 bits per heavy atom. The lowest BCUT2D eigenvalue weighted by molar-refractivity contribution is 0.674. The first-order valence-electron chi connectivity index (χ1n) is 7.35. The second-order valence-corrected chi connectivity index (χ2v) is 5.46. The Balaban J connectivity index is 1.56. The maximum absolute atomic E-state index is 4.52. The number of rotatable bonds is 3. The summed E-state index contributed by atoms with van der Waals surface area (Å²) < 4.78 is 2.00. The lowest BCUT2D eigenvalue weighted by Gasteiger charge is -2.25. The summed E-state index contributed by atoms with van der Waals surface area (Å²) in [7, 11) is 2.05. The monoisotopic (exact) mass is 295 g/mol. The second-order valence-electron chi connectivity index (χ2n) is 5.46. The topological polar surface area (TPSA) is 62.5 Å². The summed E-state index contributed by atoms with van der Waals surface area (Å²) in [6.45, 7) is 1.86. The summed E-state index contributed by atoms with van der Waals surface area (Å²) in [5.41, 5.74) is 0.904. The third-order valence-electron chi connectivity index (χ3n) is 4.17. The van der Waals surface area contributed by atoms with Gasteiger partial charge in [0, 0.05) is 57.3 Å². The van der Waals surface area contributed by atoms with Crippen molar-refractivity contribution in [1.29, 1.82) is 0 Å².